The molecule has 1 aliphatic heterocycles. The lowest BCUT2D eigenvalue weighted by atomic mass is 9.63. The van der Waals surface area contributed by atoms with Gasteiger partial charge in [-0.1, -0.05) is 6.92 Å². The highest BCUT2D eigenvalue weighted by molar-refractivity contribution is 9.10. The summed E-state index contributed by atoms with van der Waals surface area (Å²) in [7, 11) is 6.80. The summed E-state index contributed by atoms with van der Waals surface area (Å²) in [6.07, 6.45) is 3.63. The number of fused-ring (bicyclic) bond motifs is 2. The molecule has 0 aromatic carbocycles. The minimum atomic E-state index is -0.546. The second kappa shape index (κ2) is 7.43. The molecular formula is C21H27BBrN5O3. The lowest BCUT2D eigenvalue weighted by molar-refractivity contribution is 0.0277. The Morgan fingerprint density at radius 2 is 2.13 bits per heavy atom. The van der Waals surface area contributed by atoms with Gasteiger partial charge in [0.1, 0.15) is 5.60 Å². The van der Waals surface area contributed by atoms with E-state index in [9.17, 15) is 9.59 Å². The maximum Gasteiger partial charge on any atom is 0.410 e. The first-order valence-electron chi connectivity index (χ1n) is 10.4. The average Bonchev–Trinajstić information content (AvgIpc) is 3.24. The van der Waals surface area contributed by atoms with Crippen molar-refractivity contribution in [1.82, 2.24) is 14.5 Å². The summed E-state index contributed by atoms with van der Waals surface area (Å²) >= 11 is 3.46. The van der Waals surface area contributed by atoms with Crippen molar-refractivity contribution in [3.05, 3.63) is 28.5 Å². The van der Waals surface area contributed by atoms with Gasteiger partial charge in [-0.25, -0.2) is 9.31 Å². The van der Waals surface area contributed by atoms with Gasteiger partial charge in [0, 0.05) is 29.8 Å². The number of nitrogens with two attached hydrogens (primary N) is 1. The fourth-order valence-electron chi connectivity index (χ4n) is 4.93. The van der Waals surface area contributed by atoms with E-state index in [2.05, 4.69) is 33.3 Å². The Kier molecular flexibility index (Phi) is 5.27. The van der Waals surface area contributed by atoms with Crippen molar-refractivity contribution in [1.29, 1.82) is 0 Å². The Hall–Kier alpha value is -2.23. The normalized spacial score (nSPS) is 28.0. The van der Waals surface area contributed by atoms with Crippen LogP contribution in [0.25, 0.3) is 5.52 Å². The zero-order chi connectivity index (χ0) is 22.7. The van der Waals surface area contributed by atoms with Gasteiger partial charge >= 0.3 is 6.09 Å². The number of nitrogens with zero attached hydrogens (tertiary/aromatic N) is 3. The van der Waals surface area contributed by atoms with Crippen LogP contribution in [0.5, 0.6) is 0 Å². The van der Waals surface area contributed by atoms with E-state index in [1.54, 1.807) is 9.42 Å². The van der Waals surface area contributed by atoms with Crippen LogP contribution < -0.4 is 11.1 Å². The average molecular weight is 488 g/mol. The van der Waals surface area contributed by atoms with Gasteiger partial charge in [0.05, 0.1) is 30.8 Å². The van der Waals surface area contributed by atoms with Crippen LogP contribution in [0.2, 0.25) is 5.31 Å². The highest BCUT2D eigenvalue weighted by Crippen LogP contribution is 2.55. The lowest BCUT2D eigenvalue weighted by Gasteiger charge is -2.28. The number of hydrogen-bond acceptors (Lipinski definition) is 5. The van der Waals surface area contributed by atoms with E-state index in [1.807, 2.05) is 33.0 Å². The smallest absolute Gasteiger partial charge is 0.410 e. The molecule has 4 atom stereocenters. The third-order valence-corrected chi connectivity index (χ3v) is 6.79. The fraction of sp³-hybridized carbons (Fsp3) is 0.571. The largest absolute Gasteiger partial charge is 0.444 e. The molecule has 2 aliphatic rings. The first kappa shape index (κ1) is 22.0. The number of anilines is 1. The number of rotatable bonds is 3. The van der Waals surface area contributed by atoms with E-state index in [4.69, 9.17) is 18.3 Å². The monoisotopic (exact) mass is 487 g/mol. The van der Waals surface area contributed by atoms with Crippen molar-refractivity contribution in [2.75, 3.05) is 18.4 Å². The minimum absolute atomic E-state index is 0.0220. The van der Waals surface area contributed by atoms with Crippen LogP contribution in [0, 0.1) is 11.8 Å². The second-order valence-electron chi connectivity index (χ2n) is 9.80. The molecule has 164 valence electrons. The second-order valence-corrected chi connectivity index (χ2v) is 10.7. The molecule has 2 unspecified atom stereocenters. The van der Waals surface area contributed by atoms with Crippen molar-refractivity contribution in [2.24, 2.45) is 17.6 Å². The molecule has 3 N–H and O–H groups in total. The van der Waals surface area contributed by atoms with Crippen LogP contribution >= 0.6 is 15.9 Å². The Labute approximate surface area is 191 Å². The van der Waals surface area contributed by atoms with Gasteiger partial charge < -0.3 is 20.7 Å². The van der Waals surface area contributed by atoms with Crippen molar-refractivity contribution in [2.45, 2.75) is 51.1 Å². The molecule has 1 aliphatic carbocycles. The summed E-state index contributed by atoms with van der Waals surface area (Å²) in [6.45, 7) is 8.69. The van der Waals surface area contributed by atoms with Gasteiger partial charge in [-0.2, -0.15) is 5.10 Å². The third-order valence-electron chi connectivity index (χ3n) is 6.36. The van der Waals surface area contributed by atoms with Crippen LogP contribution in [0.15, 0.2) is 22.9 Å². The summed E-state index contributed by atoms with van der Waals surface area (Å²) in [5, 5.41) is 7.28. The summed E-state index contributed by atoms with van der Waals surface area (Å²) in [4.78, 5) is 26.3. The Morgan fingerprint density at radius 3 is 2.74 bits per heavy atom. The van der Waals surface area contributed by atoms with Gasteiger partial charge in [0.15, 0.2) is 0 Å². The molecule has 1 saturated carbocycles. The van der Waals surface area contributed by atoms with Crippen molar-refractivity contribution < 1.29 is 14.3 Å². The number of halogens is 1. The van der Waals surface area contributed by atoms with E-state index in [0.29, 0.717) is 30.8 Å². The maximum atomic E-state index is 12.5. The lowest BCUT2D eigenvalue weighted by Crippen LogP contribution is -2.38. The predicted octanol–water partition coefficient (Wildman–Crippen LogP) is 3.21. The molecule has 31 heavy (non-hydrogen) atoms. The minimum Gasteiger partial charge on any atom is -0.444 e. The molecule has 0 spiro atoms. The van der Waals surface area contributed by atoms with E-state index < -0.39 is 16.8 Å². The highest BCUT2D eigenvalue weighted by Gasteiger charge is 2.54. The van der Waals surface area contributed by atoms with Crippen LogP contribution in [0.4, 0.5) is 10.5 Å². The molecule has 1 saturated heterocycles. The number of likely N-dealkylation sites (tertiary alicyclic amines) is 1. The maximum absolute atomic E-state index is 12.5. The third kappa shape index (κ3) is 4.02. The van der Waals surface area contributed by atoms with Gasteiger partial charge in [-0.05, 0) is 66.3 Å². The molecule has 8 nitrogen and oxygen atoms in total. The van der Waals surface area contributed by atoms with Gasteiger partial charge in [0.25, 0.3) is 5.91 Å². The quantitative estimate of drug-likeness (QED) is 0.647. The van der Waals surface area contributed by atoms with E-state index in [0.717, 1.165) is 9.99 Å². The molecule has 2 radical (unpaired) electrons. The number of primary amides is 1. The number of hydrogen-bond donors (Lipinski definition) is 2. The highest BCUT2D eigenvalue weighted by atomic mass is 79.9. The number of carbonyl (C=O) groups is 2. The Balaban J connectivity index is 1.57. The molecule has 10 heteroatoms. The zero-order valence-electron chi connectivity index (χ0n) is 18.2. The fourth-order valence-corrected chi connectivity index (χ4v) is 5.35. The topological polar surface area (TPSA) is 102 Å². The van der Waals surface area contributed by atoms with Gasteiger partial charge in [-0.15, -0.1) is 0 Å². The number of nitrogens with one attached hydrogen (secondary N) is 1. The zero-order valence-corrected chi connectivity index (χ0v) is 19.8. The van der Waals surface area contributed by atoms with E-state index in [-0.39, 0.29) is 24.0 Å². The first-order valence-corrected chi connectivity index (χ1v) is 11.2. The first-order chi connectivity index (χ1) is 14.4. The van der Waals surface area contributed by atoms with Crippen molar-refractivity contribution in [3.8, 4) is 0 Å². The predicted molar refractivity (Wildman–Crippen MR) is 122 cm³/mol. The SMILES string of the molecule is [B]C12C[C@@H](Nc3c(C(N)=O)cnn4cc(Br)cc34)[C@H](C)C1CN(C(=O)OC(C)(C)C)C2. The number of ether oxygens (including phenoxy) is 1. The summed E-state index contributed by atoms with van der Waals surface area (Å²) in [6, 6.07) is 1.92. The summed E-state index contributed by atoms with van der Waals surface area (Å²) in [5.41, 5.74) is 6.82. The van der Waals surface area contributed by atoms with Gasteiger partial charge in [-0.3, -0.25) is 4.79 Å². The van der Waals surface area contributed by atoms with Crippen LogP contribution in [0.1, 0.15) is 44.5 Å². The molecule has 0 bridgehead atoms. The standard InChI is InChI=1S/C21H27BBrN5O3/c1-11-14-9-27(19(30)31-20(2,3)4)10-21(14,22)6-15(11)26-17-13(18(24)29)7-25-28-8-12(23)5-16(17)28/h5,7-8,11,14-15,26H,6,9-10H2,1-4H3,(H2,24,29)/t11-,14?,15-,21?/m1/s1. The van der Waals surface area contributed by atoms with Crippen LogP contribution in [-0.4, -0.2) is 59.1 Å². The molecule has 2 aromatic heterocycles. The number of carbonyl (C=O) groups excluding carboxylic acids is 2. The Bertz CT molecular complexity index is 1050. The van der Waals surface area contributed by atoms with E-state index in [1.165, 1.54) is 6.20 Å². The van der Waals surface area contributed by atoms with Gasteiger partial charge in [0.2, 0.25) is 0 Å². The number of amides is 2. The van der Waals surface area contributed by atoms with Crippen LogP contribution in [-0.2, 0) is 4.74 Å². The summed E-state index contributed by atoms with van der Waals surface area (Å²) in [5.74, 6) is -0.255. The molecule has 2 fully saturated rings. The van der Waals surface area contributed by atoms with E-state index >= 15 is 0 Å². The Morgan fingerprint density at radius 1 is 1.42 bits per heavy atom. The summed E-state index contributed by atoms with van der Waals surface area (Å²) < 4.78 is 8.08. The van der Waals surface area contributed by atoms with Crippen molar-refractivity contribution >= 4 is 47.0 Å². The molecule has 2 amide bonds. The molecular weight excluding hydrogens is 461 g/mol. The molecule has 2 aromatic rings. The number of aromatic nitrogens is 2. The molecule has 3 heterocycles. The molecule has 4 rings (SSSR count). The van der Waals surface area contributed by atoms with Crippen LogP contribution in [0.3, 0.4) is 0 Å². The van der Waals surface area contributed by atoms with Crippen molar-refractivity contribution in [3.63, 3.8) is 0 Å².